The number of hydrogen-bond donors (Lipinski definition) is 2. The van der Waals surface area contributed by atoms with E-state index in [1.807, 2.05) is 29.6 Å². The fraction of sp³-hybridized carbons (Fsp3) is 0.200. The number of aliphatic carboxylic acids is 1. The van der Waals surface area contributed by atoms with Gasteiger partial charge >= 0.3 is 5.97 Å². The topological polar surface area (TPSA) is 92.2 Å². The zero-order valence-corrected chi connectivity index (χ0v) is 19.7. The lowest BCUT2D eigenvalue weighted by atomic mass is 9.91. The standard InChI is InChI=1S/C25H23N3O3S2/c1-2-3-12-26-18-9-6-16(7-10-18)24(29)20(15-19-5-4-13-32-19)23(25(30)31)17-8-11-21-22(14-17)28-33-27-21/h4-11,13-14,26H,2-3,12,15H2,1H3,(H,30,31). The van der Waals surface area contributed by atoms with Crippen molar-refractivity contribution in [3.8, 4) is 0 Å². The van der Waals surface area contributed by atoms with E-state index in [9.17, 15) is 14.7 Å². The van der Waals surface area contributed by atoms with Crippen molar-refractivity contribution < 1.29 is 14.7 Å². The number of carboxylic acids is 1. The second kappa shape index (κ2) is 10.5. The van der Waals surface area contributed by atoms with Crippen LogP contribution in [0.5, 0.6) is 0 Å². The number of anilines is 1. The van der Waals surface area contributed by atoms with Crippen LogP contribution < -0.4 is 5.32 Å². The summed E-state index contributed by atoms with van der Waals surface area (Å²) in [7, 11) is 0. The van der Waals surface area contributed by atoms with Crippen molar-refractivity contribution in [1.29, 1.82) is 0 Å². The maximum Gasteiger partial charge on any atom is 0.336 e. The summed E-state index contributed by atoms with van der Waals surface area (Å²) in [6, 6.07) is 16.1. The average Bonchev–Trinajstić information content (AvgIpc) is 3.50. The van der Waals surface area contributed by atoms with Crippen LogP contribution in [0.15, 0.2) is 65.6 Å². The molecule has 0 unspecified atom stereocenters. The van der Waals surface area contributed by atoms with Gasteiger partial charge in [0.1, 0.15) is 11.0 Å². The lowest BCUT2D eigenvalue weighted by Gasteiger charge is -2.13. The summed E-state index contributed by atoms with van der Waals surface area (Å²) in [5.41, 5.74) is 3.39. The first-order chi connectivity index (χ1) is 16.1. The molecule has 2 aromatic carbocycles. The zero-order valence-electron chi connectivity index (χ0n) is 18.1. The molecule has 0 saturated heterocycles. The van der Waals surface area contributed by atoms with Crippen LogP contribution in [0.2, 0.25) is 0 Å². The summed E-state index contributed by atoms with van der Waals surface area (Å²) in [5, 5.41) is 15.4. The lowest BCUT2D eigenvalue weighted by molar-refractivity contribution is -0.130. The number of aromatic nitrogens is 2. The molecule has 8 heteroatoms. The minimum absolute atomic E-state index is 0.00607. The van der Waals surface area contributed by atoms with Crippen LogP contribution in [0.1, 0.15) is 40.6 Å². The van der Waals surface area contributed by atoms with Crippen LogP contribution in [-0.2, 0) is 11.2 Å². The van der Waals surface area contributed by atoms with Crippen molar-refractivity contribution in [1.82, 2.24) is 8.75 Å². The van der Waals surface area contributed by atoms with E-state index in [1.54, 1.807) is 30.3 Å². The Labute approximate surface area is 199 Å². The number of allylic oxidation sites excluding steroid dienone is 1. The normalized spacial score (nSPS) is 11.9. The van der Waals surface area contributed by atoms with Crippen LogP contribution in [0.3, 0.4) is 0 Å². The Hall–Kier alpha value is -3.36. The van der Waals surface area contributed by atoms with Gasteiger partial charge in [-0.1, -0.05) is 25.5 Å². The molecule has 0 fully saturated rings. The van der Waals surface area contributed by atoms with Gasteiger partial charge in [-0.3, -0.25) is 4.79 Å². The summed E-state index contributed by atoms with van der Waals surface area (Å²) >= 11 is 2.57. The van der Waals surface area contributed by atoms with Gasteiger partial charge in [0.05, 0.1) is 17.3 Å². The number of unbranched alkanes of at least 4 members (excludes halogenated alkanes) is 1. The predicted molar refractivity (Wildman–Crippen MR) is 134 cm³/mol. The molecule has 168 valence electrons. The number of carbonyl (C=O) groups is 2. The van der Waals surface area contributed by atoms with E-state index in [2.05, 4.69) is 21.0 Å². The minimum atomic E-state index is -1.14. The van der Waals surface area contributed by atoms with Gasteiger partial charge in [-0.05, 0) is 59.8 Å². The Morgan fingerprint density at radius 1 is 1.00 bits per heavy atom. The van der Waals surface area contributed by atoms with Gasteiger partial charge in [0.15, 0.2) is 5.78 Å². The van der Waals surface area contributed by atoms with Crippen molar-refractivity contribution >= 4 is 57.1 Å². The van der Waals surface area contributed by atoms with Crippen molar-refractivity contribution in [3.05, 3.63) is 81.6 Å². The van der Waals surface area contributed by atoms with Gasteiger partial charge in [-0.2, -0.15) is 8.75 Å². The first-order valence-electron chi connectivity index (χ1n) is 10.7. The number of benzene rings is 2. The second-order valence-corrected chi connectivity index (χ2v) is 9.13. The smallest absolute Gasteiger partial charge is 0.336 e. The second-order valence-electron chi connectivity index (χ2n) is 7.57. The number of thiophene rings is 1. The first-order valence-corrected chi connectivity index (χ1v) is 12.3. The van der Waals surface area contributed by atoms with E-state index in [4.69, 9.17) is 0 Å². The summed E-state index contributed by atoms with van der Waals surface area (Å²) in [6.45, 7) is 3.00. The molecule has 2 N–H and O–H groups in total. The number of carbonyl (C=O) groups excluding carboxylic acids is 1. The van der Waals surface area contributed by atoms with Crippen molar-refractivity contribution in [2.45, 2.75) is 26.2 Å². The van der Waals surface area contributed by atoms with E-state index < -0.39 is 5.97 Å². The number of carboxylic acid groups (broad SMARTS) is 1. The Kier molecular flexibility index (Phi) is 7.26. The van der Waals surface area contributed by atoms with Crippen molar-refractivity contribution in [2.75, 3.05) is 11.9 Å². The van der Waals surface area contributed by atoms with Gasteiger partial charge < -0.3 is 10.4 Å². The molecule has 33 heavy (non-hydrogen) atoms. The molecule has 2 heterocycles. The molecule has 4 aromatic rings. The highest BCUT2D eigenvalue weighted by Crippen LogP contribution is 2.29. The molecular formula is C25H23N3O3S2. The van der Waals surface area contributed by atoms with E-state index >= 15 is 0 Å². The van der Waals surface area contributed by atoms with Crippen LogP contribution >= 0.6 is 23.1 Å². The molecule has 0 aliphatic carbocycles. The fourth-order valence-corrected chi connectivity index (χ4v) is 4.79. The van der Waals surface area contributed by atoms with Gasteiger partial charge in [-0.25, -0.2) is 4.79 Å². The fourth-order valence-electron chi connectivity index (χ4n) is 3.56. The van der Waals surface area contributed by atoms with E-state index in [0.717, 1.165) is 41.7 Å². The highest BCUT2D eigenvalue weighted by atomic mass is 32.1. The molecule has 0 bridgehead atoms. The highest BCUT2D eigenvalue weighted by molar-refractivity contribution is 7.09. The molecule has 0 aliphatic rings. The third-order valence-electron chi connectivity index (χ3n) is 5.27. The summed E-state index contributed by atoms with van der Waals surface area (Å²) in [6.07, 6.45) is 2.40. The molecule has 2 aromatic heterocycles. The van der Waals surface area contributed by atoms with Crippen molar-refractivity contribution in [3.63, 3.8) is 0 Å². The Bertz CT molecular complexity index is 1290. The molecule has 0 amide bonds. The lowest BCUT2D eigenvalue weighted by Crippen LogP contribution is -2.14. The van der Waals surface area contributed by atoms with Crippen LogP contribution in [0.4, 0.5) is 5.69 Å². The number of ketones is 1. The molecule has 6 nitrogen and oxygen atoms in total. The Morgan fingerprint density at radius 3 is 2.45 bits per heavy atom. The maximum atomic E-state index is 13.6. The predicted octanol–water partition coefficient (Wildman–Crippen LogP) is 5.93. The number of Topliss-reactive ketones (excluding diaryl/α,β-unsaturated/α-hetero) is 1. The first kappa shape index (κ1) is 22.8. The molecule has 0 radical (unpaired) electrons. The van der Waals surface area contributed by atoms with Crippen molar-refractivity contribution in [2.24, 2.45) is 0 Å². The third kappa shape index (κ3) is 5.35. The quantitative estimate of drug-likeness (QED) is 0.167. The minimum Gasteiger partial charge on any atom is -0.478 e. The average molecular weight is 478 g/mol. The van der Waals surface area contributed by atoms with Gasteiger partial charge in [-0.15, -0.1) is 11.3 Å². The number of hydrogen-bond acceptors (Lipinski definition) is 7. The zero-order chi connectivity index (χ0) is 23.2. The Balaban J connectivity index is 1.76. The highest BCUT2D eigenvalue weighted by Gasteiger charge is 2.24. The third-order valence-corrected chi connectivity index (χ3v) is 6.70. The van der Waals surface area contributed by atoms with Gasteiger partial charge in [0.2, 0.25) is 0 Å². The maximum absolute atomic E-state index is 13.6. The number of nitrogens with zero attached hydrogens (tertiary/aromatic N) is 2. The molecule has 0 atom stereocenters. The summed E-state index contributed by atoms with van der Waals surface area (Å²) < 4.78 is 8.41. The van der Waals surface area contributed by atoms with Gasteiger partial charge in [0, 0.05) is 34.7 Å². The van der Waals surface area contributed by atoms with E-state index in [0.29, 0.717) is 22.2 Å². The number of fused-ring (bicyclic) bond motifs is 1. The molecule has 0 aliphatic heterocycles. The Morgan fingerprint density at radius 2 is 1.76 bits per heavy atom. The van der Waals surface area contributed by atoms with Crippen LogP contribution in [0, 0.1) is 0 Å². The summed E-state index contributed by atoms with van der Waals surface area (Å²) in [4.78, 5) is 27.0. The molecule has 0 spiro atoms. The SMILES string of the molecule is CCCCNc1ccc(C(=O)C(Cc2cccs2)=C(C(=O)O)c2ccc3nsnc3c2)cc1. The molecular weight excluding hydrogens is 454 g/mol. The number of nitrogens with one attached hydrogen (secondary N) is 1. The van der Waals surface area contributed by atoms with E-state index in [1.165, 1.54) is 11.3 Å². The largest absolute Gasteiger partial charge is 0.478 e. The van der Waals surface area contributed by atoms with Crippen LogP contribution in [-0.4, -0.2) is 32.2 Å². The number of rotatable bonds is 10. The van der Waals surface area contributed by atoms with Crippen LogP contribution in [0.25, 0.3) is 16.6 Å². The molecule has 0 saturated carbocycles. The molecule has 4 rings (SSSR count). The van der Waals surface area contributed by atoms with E-state index in [-0.39, 0.29) is 23.4 Å². The monoisotopic (exact) mass is 477 g/mol. The summed E-state index contributed by atoms with van der Waals surface area (Å²) in [5.74, 6) is -1.44. The van der Waals surface area contributed by atoms with Gasteiger partial charge in [0.25, 0.3) is 0 Å².